The monoisotopic (exact) mass is 368 g/mol. The molecule has 1 atom stereocenters. The lowest BCUT2D eigenvalue weighted by molar-refractivity contribution is -0.0512. The molecule has 1 heterocycles. The second-order valence-corrected chi connectivity index (χ2v) is 5.38. The molecule has 0 spiro atoms. The highest BCUT2D eigenvalue weighted by atomic mass is 35.5. The number of rotatable bonds is 6. The quantitative estimate of drug-likeness (QED) is 0.766. The summed E-state index contributed by atoms with van der Waals surface area (Å²) in [4.78, 5) is 2.30. The molecule has 0 radical (unpaired) electrons. The van der Waals surface area contributed by atoms with Crippen LogP contribution in [0.3, 0.4) is 0 Å². The largest absolute Gasteiger partial charge is 0.434 e. The van der Waals surface area contributed by atoms with E-state index < -0.39 is 6.61 Å². The Morgan fingerprint density at radius 1 is 1.26 bits per heavy atom. The molecule has 0 unspecified atom stereocenters. The van der Waals surface area contributed by atoms with E-state index in [9.17, 15) is 8.78 Å². The van der Waals surface area contributed by atoms with Crippen LogP contribution in [0.4, 0.5) is 8.78 Å². The second kappa shape index (κ2) is 10.8. The van der Waals surface area contributed by atoms with Gasteiger partial charge in [-0.2, -0.15) is 8.78 Å². The molecule has 3 nitrogen and oxygen atoms in total. The molecule has 7 heteroatoms. The fraction of sp³-hybridized carbons (Fsp3) is 0.500. The number of para-hydroxylation sites is 1. The molecule has 23 heavy (non-hydrogen) atoms. The molecule has 0 saturated carbocycles. The Labute approximate surface area is 148 Å². The molecule has 0 aliphatic carbocycles. The maximum Gasteiger partial charge on any atom is 0.387 e. The van der Waals surface area contributed by atoms with Crippen molar-refractivity contribution < 1.29 is 13.5 Å². The number of nitrogens with zero attached hydrogens (tertiary/aromatic N) is 1. The number of alkyl halides is 2. The van der Waals surface area contributed by atoms with Crippen LogP contribution in [-0.4, -0.2) is 37.7 Å². The van der Waals surface area contributed by atoms with Gasteiger partial charge in [-0.25, -0.2) is 0 Å². The van der Waals surface area contributed by atoms with Crippen LogP contribution >= 0.6 is 24.8 Å². The molecule has 1 aromatic carbocycles. The van der Waals surface area contributed by atoms with Crippen LogP contribution in [0.1, 0.15) is 24.9 Å². The van der Waals surface area contributed by atoms with Gasteiger partial charge in [0.1, 0.15) is 5.75 Å². The minimum Gasteiger partial charge on any atom is -0.434 e. The Morgan fingerprint density at radius 3 is 2.43 bits per heavy atom. The zero-order valence-electron chi connectivity index (χ0n) is 13.1. The van der Waals surface area contributed by atoms with Crippen molar-refractivity contribution in [2.45, 2.75) is 26.0 Å². The van der Waals surface area contributed by atoms with Gasteiger partial charge < -0.3 is 10.1 Å². The van der Waals surface area contributed by atoms with Crippen molar-refractivity contribution in [3.05, 3.63) is 42.0 Å². The van der Waals surface area contributed by atoms with Crippen LogP contribution in [0.2, 0.25) is 0 Å². The molecule has 0 aromatic heterocycles. The third kappa shape index (κ3) is 6.63. The summed E-state index contributed by atoms with van der Waals surface area (Å²) in [7, 11) is 0. The summed E-state index contributed by atoms with van der Waals surface area (Å²) in [5.74, 6) is 0.261. The number of hydrogen-bond acceptors (Lipinski definition) is 3. The molecule has 1 N–H and O–H groups in total. The molecule has 1 aliphatic heterocycles. The first-order chi connectivity index (χ1) is 10.1. The minimum absolute atomic E-state index is 0. The minimum atomic E-state index is -2.81. The topological polar surface area (TPSA) is 24.5 Å². The summed E-state index contributed by atoms with van der Waals surface area (Å²) in [6.07, 6.45) is 0.740. The van der Waals surface area contributed by atoms with Gasteiger partial charge in [-0.05, 0) is 19.4 Å². The molecule has 0 amide bonds. The van der Waals surface area contributed by atoms with Crippen LogP contribution < -0.4 is 10.1 Å². The highest BCUT2D eigenvalue weighted by molar-refractivity contribution is 5.85. The smallest absolute Gasteiger partial charge is 0.387 e. The number of piperazine rings is 1. The fourth-order valence-corrected chi connectivity index (χ4v) is 2.72. The van der Waals surface area contributed by atoms with Crippen molar-refractivity contribution in [2.24, 2.45) is 0 Å². The van der Waals surface area contributed by atoms with E-state index in [4.69, 9.17) is 4.74 Å². The Bertz CT molecular complexity index is 483. The maximum absolute atomic E-state index is 12.6. The lowest BCUT2D eigenvalue weighted by Crippen LogP contribution is -2.45. The van der Waals surface area contributed by atoms with E-state index in [1.54, 1.807) is 12.1 Å². The average molecular weight is 369 g/mol. The summed E-state index contributed by atoms with van der Waals surface area (Å²) in [6, 6.07) is 7.08. The number of benzene rings is 1. The Morgan fingerprint density at radius 2 is 1.87 bits per heavy atom. The van der Waals surface area contributed by atoms with Gasteiger partial charge in [0.25, 0.3) is 0 Å². The van der Waals surface area contributed by atoms with Crippen molar-refractivity contribution in [3.8, 4) is 5.75 Å². The Kier molecular flexibility index (Phi) is 10.4. The highest BCUT2D eigenvalue weighted by Gasteiger charge is 2.25. The fourth-order valence-electron chi connectivity index (χ4n) is 2.72. The number of hydrogen-bond donors (Lipinski definition) is 1. The molecular weight excluding hydrogens is 345 g/mol. The second-order valence-electron chi connectivity index (χ2n) is 5.38. The van der Waals surface area contributed by atoms with Crippen LogP contribution in [0.15, 0.2) is 36.4 Å². The van der Waals surface area contributed by atoms with Crippen LogP contribution in [-0.2, 0) is 0 Å². The van der Waals surface area contributed by atoms with Gasteiger partial charge in [-0.1, -0.05) is 23.8 Å². The standard InChI is InChI=1S/C16H22F2N2O.2ClH/c1-12(2)11-14(20-9-7-19-8-10-20)13-5-3-4-6-15(13)21-16(17)18;;/h3-6,14,16,19H,1,7-11H2,2H3;2*1H/t14-;;/m0../s1. The predicted molar refractivity (Wildman–Crippen MR) is 94.2 cm³/mol. The number of halogens is 4. The van der Waals surface area contributed by atoms with Crippen molar-refractivity contribution >= 4 is 24.8 Å². The van der Waals surface area contributed by atoms with Crippen molar-refractivity contribution in [1.29, 1.82) is 0 Å². The van der Waals surface area contributed by atoms with Gasteiger partial charge >= 0.3 is 6.61 Å². The van der Waals surface area contributed by atoms with E-state index in [1.807, 2.05) is 19.1 Å². The van der Waals surface area contributed by atoms with E-state index in [0.717, 1.165) is 43.7 Å². The number of ether oxygens (including phenoxy) is 1. The zero-order valence-corrected chi connectivity index (χ0v) is 14.8. The van der Waals surface area contributed by atoms with Gasteiger partial charge in [-0.15, -0.1) is 31.4 Å². The third-order valence-electron chi connectivity index (χ3n) is 3.63. The SMILES string of the molecule is C=C(C)C[C@@H](c1ccccc1OC(F)F)N1CCNCC1.Cl.Cl. The van der Waals surface area contributed by atoms with Crippen molar-refractivity contribution in [2.75, 3.05) is 26.2 Å². The van der Waals surface area contributed by atoms with Crippen molar-refractivity contribution in [1.82, 2.24) is 10.2 Å². The normalized spacial score (nSPS) is 16.2. The molecule has 1 aliphatic rings. The Hall–Kier alpha value is -0.880. The van der Waals surface area contributed by atoms with Crippen LogP contribution in [0.5, 0.6) is 5.75 Å². The molecule has 1 saturated heterocycles. The summed E-state index contributed by atoms with van der Waals surface area (Å²) in [6.45, 7) is 6.73. The van der Waals surface area contributed by atoms with E-state index in [2.05, 4.69) is 16.8 Å². The van der Waals surface area contributed by atoms with Crippen LogP contribution in [0.25, 0.3) is 0 Å². The Balaban J connectivity index is 0.00000242. The van der Waals surface area contributed by atoms with Gasteiger partial charge in [-0.3, -0.25) is 4.90 Å². The molecule has 1 aromatic rings. The number of nitrogens with one attached hydrogen (secondary N) is 1. The van der Waals surface area contributed by atoms with Crippen molar-refractivity contribution in [3.63, 3.8) is 0 Å². The van der Waals surface area contributed by atoms with Gasteiger partial charge in [0, 0.05) is 37.8 Å². The first-order valence-corrected chi connectivity index (χ1v) is 7.21. The average Bonchev–Trinajstić information content (AvgIpc) is 2.46. The first-order valence-electron chi connectivity index (χ1n) is 7.21. The van der Waals surface area contributed by atoms with E-state index in [1.165, 1.54) is 0 Å². The van der Waals surface area contributed by atoms with E-state index in [0.29, 0.717) is 0 Å². The summed E-state index contributed by atoms with van der Waals surface area (Å²) in [5, 5.41) is 3.31. The molecular formula is C16H24Cl2F2N2O. The summed E-state index contributed by atoms with van der Waals surface area (Å²) in [5.41, 5.74) is 1.84. The summed E-state index contributed by atoms with van der Waals surface area (Å²) < 4.78 is 29.9. The van der Waals surface area contributed by atoms with Gasteiger partial charge in [0.15, 0.2) is 0 Å². The molecule has 0 bridgehead atoms. The maximum atomic E-state index is 12.6. The molecule has 132 valence electrons. The van der Waals surface area contributed by atoms with E-state index in [-0.39, 0.29) is 36.6 Å². The predicted octanol–water partition coefficient (Wildman–Crippen LogP) is 4.04. The van der Waals surface area contributed by atoms with E-state index >= 15 is 0 Å². The zero-order chi connectivity index (χ0) is 15.2. The van der Waals surface area contributed by atoms with Gasteiger partial charge in [0.05, 0.1) is 0 Å². The molecule has 1 fully saturated rings. The molecule has 2 rings (SSSR count). The van der Waals surface area contributed by atoms with Gasteiger partial charge in [0.2, 0.25) is 0 Å². The lowest BCUT2D eigenvalue weighted by atomic mass is 9.97. The summed E-state index contributed by atoms with van der Waals surface area (Å²) >= 11 is 0. The lowest BCUT2D eigenvalue weighted by Gasteiger charge is -2.36. The highest BCUT2D eigenvalue weighted by Crippen LogP contribution is 2.34. The first kappa shape index (κ1) is 22.1. The third-order valence-corrected chi connectivity index (χ3v) is 3.63. The van der Waals surface area contributed by atoms with Crippen LogP contribution in [0, 0.1) is 0 Å².